The summed E-state index contributed by atoms with van der Waals surface area (Å²) in [7, 11) is 0. The monoisotopic (exact) mass is 302 g/mol. The molecule has 0 saturated carbocycles. The molecule has 1 N–H and O–H groups in total. The van der Waals surface area contributed by atoms with E-state index in [1.807, 2.05) is 6.92 Å². The molecule has 0 saturated heterocycles. The Morgan fingerprint density at radius 2 is 1.38 bits per heavy atom. The maximum absolute atomic E-state index is 12.3. The number of hydrogen-bond donors (Lipinski definition) is 1. The van der Waals surface area contributed by atoms with Crippen LogP contribution in [0.4, 0.5) is 0 Å². The van der Waals surface area contributed by atoms with Gasteiger partial charge in [0.25, 0.3) is 0 Å². The van der Waals surface area contributed by atoms with E-state index in [9.17, 15) is 9.59 Å². The minimum absolute atomic E-state index is 0.176. The lowest BCUT2D eigenvalue weighted by molar-refractivity contribution is -0.173. The normalized spacial score (nSPS) is 11.2. The Morgan fingerprint density at radius 3 is 1.81 bits per heavy atom. The molecule has 0 spiro atoms. The van der Waals surface area contributed by atoms with Gasteiger partial charge in [-0.3, -0.25) is 9.59 Å². The predicted octanol–water partition coefficient (Wildman–Crippen LogP) is 2.84. The topological polar surface area (TPSA) is 72.8 Å². The molecule has 21 heavy (non-hydrogen) atoms. The summed E-state index contributed by atoms with van der Waals surface area (Å²) < 4.78 is 10.3. The number of aliphatic hydroxyl groups excluding tert-OH is 1. The van der Waals surface area contributed by atoms with Gasteiger partial charge < -0.3 is 14.6 Å². The molecule has 0 fully saturated rings. The van der Waals surface area contributed by atoms with Crippen molar-refractivity contribution in [2.75, 3.05) is 19.8 Å². The van der Waals surface area contributed by atoms with E-state index in [4.69, 9.17) is 14.6 Å². The van der Waals surface area contributed by atoms with Crippen LogP contribution in [0.3, 0.4) is 0 Å². The van der Waals surface area contributed by atoms with E-state index in [0.717, 1.165) is 25.7 Å². The lowest BCUT2D eigenvalue weighted by Gasteiger charge is -2.28. The van der Waals surface area contributed by atoms with E-state index in [0.29, 0.717) is 19.3 Å². The second kappa shape index (κ2) is 11.5. The van der Waals surface area contributed by atoms with Crippen LogP contribution in [0.2, 0.25) is 0 Å². The largest absolute Gasteiger partial charge is 0.465 e. The first-order chi connectivity index (χ1) is 10.1. The zero-order chi connectivity index (χ0) is 16.1. The molecule has 5 heteroatoms. The molecular weight excluding hydrogens is 272 g/mol. The summed E-state index contributed by atoms with van der Waals surface area (Å²) in [6, 6.07) is 0. The van der Waals surface area contributed by atoms with Crippen molar-refractivity contribution in [1.29, 1.82) is 0 Å². The Hall–Kier alpha value is -1.10. The number of esters is 2. The van der Waals surface area contributed by atoms with Gasteiger partial charge in [0, 0.05) is 6.61 Å². The Kier molecular flexibility index (Phi) is 10.9. The van der Waals surface area contributed by atoms with E-state index in [-0.39, 0.29) is 19.8 Å². The fourth-order valence-electron chi connectivity index (χ4n) is 2.47. The van der Waals surface area contributed by atoms with Crippen LogP contribution in [0, 0.1) is 5.41 Å². The van der Waals surface area contributed by atoms with Crippen molar-refractivity contribution in [3.8, 4) is 0 Å². The summed E-state index contributed by atoms with van der Waals surface area (Å²) in [5.41, 5.74) is -1.17. The van der Waals surface area contributed by atoms with E-state index >= 15 is 0 Å². The third-order valence-electron chi connectivity index (χ3n) is 3.52. The smallest absolute Gasteiger partial charge is 0.323 e. The molecule has 0 unspecified atom stereocenters. The number of carbonyl (C=O) groups is 2. The van der Waals surface area contributed by atoms with E-state index < -0.39 is 17.4 Å². The molecular formula is C16H30O5. The molecule has 5 nitrogen and oxygen atoms in total. The zero-order valence-electron chi connectivity index (χ0n) is 13.7. The number of ether oxygens (including phenoxy) is 2. The molecule has 0 aromatic heterocycles. The van der Waals surface area contributed by atoms with Gasteiger partial charge >= 0.3 is 11.9 Å². The summed E-state index contributed by atoms with van der Waals surface area (Å²) in [6.07, 6.45) is 4.88. The molecule has 0 atom stereocenters. The van der Waals surface area contributed by atoms with Crippen molar-refractivity contribution in [1.82, 2.24) is 0 Å². The molecule has 124 valence electrons. The summed E-state index contributed by atoms with van der Waals surface area (Å²) in [6.45, 7) is 6.11. The van der Waals surface area contributed by atoms with Crippen molar-refractivity contribution in [3.05, 3.63) is 0 Å². The average Bonchev–Trinajstić information content (AvgIpc) is 2.46. The summed E-state index contributed by atoms with van der Waals surface area (Å²) in [4.78, 5) is 24.7. The van der Waals surface area contributed by atoms with Crippen LogP contribution in [-0.4, -0.2) is 36.9 Å². The first-order valence-electron chi connectivity index (χ1n) is 8.04. The van der Waals surface area contributed by atoms with Crippen molar-refractivity contribution in [2.24, 2.45) is 5.41 Å². The van der Waals surface area contributed by atoms with Gasteiger partial charge in [-0.15, -0.1) is 0 Å². The van der Waals surface area contributed by atoms with Crippen LogP contribution >= 0.6 is 0 Å². The molecule has 0 aliphatic rings. The van der Waals surface area contributed by atoms with Crippen molar-refractivity contribution in [2.45, 2.75) is 65.7 Å². The highest BCUT2D eigenvalue weighted by molar-refractivity contribution is 6.00. The number of rotatable bonds is 12. The number of carbonyl (C=O) groups excluding carboxylic acids is 2. The number of unbranched alkanes of at least 4 members (excludes halogenated alkanes) is 3. The Bertz CT molecular complexity index is 283. The van der Waals surface area contributed by atoms with Crippen LogP contribution in [-0.2, 0) is 19.1 Å². The molecule has 0 aromatic carbocycles. The SMILES string of the molecule is CCCC(CCCCCCO)(C(=O)OCC)C(=O)OCC. The van der Waals surface area contributed by atoms with Crippen molar-refractivity contribution in [3.63, 3.8) is 0 Å². The average molecular weight is 302 g/mol. The van der Waals surface area contributed by atoms with Gasteiger partial charge in [0.1, 0.15) is 0 Å². The molecule has 0 radical (unpaired) electrons. The standard InChI is InChI=1S/C16H30O5/c1-4-11-16(14(18)20-5-2,15(19)21-6-3)12-9-7-8-10-13-17/h17H,4-13H2,1-3H3. The number of aliphatic hydroxyl groups is 1. The van der Waals surface area contributed by atoms with Crippen molar-refractivity contribution >= 4 is 11.9 Å². The van der Waals surface area contributed by atoms with Gasteiger partial charge in [0.05, 0.1) is 13.2 Å². The quantitative estimate of drug-likeness (QED) is 0.341. The molecule has 0 aliphatic heterocycles. The van der Waals surface area contributed by atoms with Crippen LogP contribution in [0.1, 0.15) is 65.7 Å². The van der Waals surface area contributed by atoms with Gasteiger partial charge in [-0.1, -0.05) is 32.6 Å². The predicted molar refractivity (Wildman–Crippen MR) is 80.8 cm³/mol. The van der Waals surface area contributed by atoms with Crippen molar-refractivity contribution < 1.29 is 24.2 Å². The van der Waals surface area contributed by atoms with E-state index in [1.54, 1.807) is 13.8 Å². The Balaban J connectivity index is 4.90. The first kappa shape index (κ1) is 19.9. The highest BCUT2D eigenvalue weighted by Gasteiger charge is 2.47. The molecule has 0 aliphatic carbocycles. The van der Waals surface area contributed by atoms with E-state index in [2.05, 4.69) is 0 Å². The second-order valence-corrected chi connectivity index (χ2v) is 5.16. The third kappa shape index (κ3) is 6.46. The summed E-state index contributed by atoms with van der Waals surface area (Å²) in [5.74, 6) is -0.931. The zero-order valence-corrected chi connectivity index (χ0v) is 13.7. The molecule has 0 bridgehead atoms. The molecule has 0 rings (SSSR count). The second-order valence-electron chi connectivity index (χ2n) is 5.16. The van der Waals surface area contributed by atoms with E-state index in [1.165, 1.54) is 0 Å². The van der Waals surface area contributed by atoms with Gasteiger partial charge in [-0.25, -0.2) is 0 Å². The van der Waals surface area contributed by atoms with Gasteiger partial charge in [0.2, 0.25) is 0 Å². The number of hydrogen-bond acceptors (Lipinski definition) is 5. The van der Waals surface area contributed by atoms with Crippen LogP contribution in [0.5, 0.6) is 0 Å². The van der Waals surface area contributed by atoms with Crippen LogP contribution < -0.4 is 0 Å². The van der Waals surface area contributed by atoms with Crippen LogP contribution in [0.25, 0.3) is 0 Å². The van der Waals surface area contributed by atoms with Gasteiger partial charge in [-0.2, -0.15) is 0 Å². The molecule has 0 aromatic rings. The van der Waals surface area contributed by atoms with Gasteiger partial charge in [-0.05, 0) is 33.1 Å². The minimum atomic E-state index is -1.17. The lowest BCUT2D eigenvalue weighted by Crippen LogP contribution is -2.42. The Labute approximate surface area is 128 Å². The maximum Gasteiger partial charge on any atom is 0.323 e. The lowest BCUT2D eigenvalue weighted by atomic mass is 9.78. The fourth-order valence-corrected chi connectivity index (χ4v) is 2.47. The summed E-state index contributed by atoms with van der Waals surface area (Å²) in [5, 5.41) is 8.78. The fraction of sp³-hybridized carbons (Fsp3) is 0.875. The maximum atomic E-state index is 12.3. The summed E-state index contributed by atoms with van der Waals surface area (Å²) >= 11 is 0. The molecule has 0 heterocycles. The van der Waals surface area contributed by atoms with Crippen LogP contribution in [0.15, 0.2) is 0 Å². The Morgan fingerprint density at radius 1 is 0.857 bits per heavy atom. The highest BCUT2D eigenvalue weighted by Crippen LogP contribution is 2.34. The minimum Gasteiger partial charge on any atom is -0.465 e. The molecule has 0 amide bonds. The van der Waals surface area contributed by atoms with Gasteiger partial charge in [0.15, 0.2) is 5.41 Å². The highest BCUT2D eigenvalue weighted by atomic mass is 16.6. The third-order valence-corrected chi connectivity index (χ3v) is 3.52. The first-order valence-corrected chi connectivity index (χ1v) is 8.04.